The molecule has 9 heteroatoms. The van der Waals surface area contributed by atoms with Gasteiger partial charge in [0.05, 0.1) is 18.0 Å². The number of likely N-dealkylation sites (tertiary alicyclic amines) is 1. The van der Waals surface area contributed by atoms with Crippen LogP contribution in [0.25, 0.3) is 0 Å². The first kappa shape index (κ1) is 18.4. The monoisotopic (exact) mass is 380 g/mol. The molecule has 2 heterocycles. The van der Waals surface area contributed by atoms with Crippen LogP contribution in [-0.4, -0.2) is 61.6 Å². The van der Waals surface area contributed by atoms with Crippen molar-refractivity contribution in [2.75, 3.05) is 26.2 Å². The lowest BCUT2D eigenvalue weighted by atomic mass is 9.97. The maximum absolute atomic E-state index is 12.4. The number of carbonyl (C=O) groups excluding carboxylic acids is 3. The molecule has 2 amide bonds. The number of ether oxygens (including phenoxy) is 1. The smallest absolute Gasteiger partial charge is 0.309 e. The molecule has 1 aromatic carbocycles. The molecule has 26 heavy (non-hydrogen) atoms. The Morgan fingerprint density at radius 3 is 2.46 bits per heavy atom. The van der Waals surface area contributed by atoms with Crippen molar-refractivity contribution in [3.63, 3.8) is 0 Å². The Morgan fingerprint density at radius 1 is 1.19 bits per heavy atom. The van der Waals surface area contributed by atoms with E-state index in [1.807, 2.05) is 0 Å². The third kappa shape index (κ3) is 3.31. The second kappa shape index (κ2) is 7.06. The van der Waals surface area contributed by atoms with Crippen molar-refractivity contribution < 1.29 is 27.5 Å². The average molecular weight is 380 g/mol. The van der Waals surface area contributed by atoms with E-state index in [1.54, 1.807) is 17.0 Å². The molecule has 0 bridgehead atoms. The summed E-state index contributed by atoms with van der Waals surface area (Å²) in [6.07, 6.45) is 1.04. The molecule has 1 fully saturated rings. The van der Waals surface area contributed by atoms with Crippen LogP contribution in [0.5, 0.6) is 0 Å². The number of fused-ring (bicyclic) bond motifs is 1. The minimum atomic E-state index is -3.89. The van der Waals surface area contributed by atoms with Crippen molar-refractivity contribution in [2.45, 2.75) is 24.7 Å². The molecule has 3 rings (SSSR count). The number of hydrogen-bond acceptors (Lipinski definition) is 6. The van der Waals surface area contributed by atoms with Crippen LogP contribution in [0.15, 0.2) is 29.2 Å². The third-order valence-electron chi connectivity index (χ3n) is 4.72. The maximum Gasteiger partial charge on any atom is 0.309 e. The first-order chi connectivity index (χ1) is 12.3. The largest absolute Gasteiger partial charge is 0.464 e. The molecule has 0 aromatic heterocycles. The van der Waals surface area contributed by atoms with Gasteiger partial charge in [-0.15, -0.1) is 0 Å². The molecule has 0 N–H and O–H groups in total. The molecule has 0 unspecified atom stereocenters. The number of esters is 1. The van der Waals surface area contributed by atoms with Crippen molar-refractivity contribution in [2.24, 2.45) is 5.92 Å². The highest BCUT2D eigenvalue weighted by Crippen LogP contribution is 2.29. The standard InChI is InChI=1S/C17H20N2O6S/c1-12(20)18-8-6-13(7-9-18)17(22)25-11-10-19-16(21)14-4-2-3-5-15(14)26(19,23)24/h2-5,13H,6-11H2,1H3. The van der Waals surface area contributed by atoms with E-state index < -0.39 is 21.9 Å². The summed E-state index contributed by atoms with van der Waals surface area (Å²) >= 11 is 0. The fourth-order valence-corrected chi connectivity index (χ4v) is 4.78. The molecule has 1 saturated heterocycles. The van der Waals surface area contributed by atoms with Gasteiger partial charge >= 0.3 is 5.97 Å². The molecular formula is C17H20N2O6S. The van der Waals surface area contributed by atoms with Crippen molar-refractivity contribution in [1.29, 1.82) is 0 Å². The quantitative estimate of drug-likeness (QED) is 0.710. The topological polar surface area (TPSA) is 101 Å². The molecule has 1 aromatic rings. The van der Waals surface area contributed by atoms with Crippen molar-refractivity contribution in [1.82, 2.24) is 9.21 Å². The zero-order valence-corrected chi connectivity index (χ0v) is 15.2. The van der Waals surface area contributed by atoms with E-state index >= 15 is 0 Å². The molecule has 0 spiro atoms. The summed E-state index contributed by atoms with van der Waals surface area (Å²) < 4.78 is 30.7. The Labute approximate surface area is 151 Å². The molecule has 8 nitrogen and oxygen atoms in total. The predicted molar refractivity (Wildman–Crippen MR) is 90.6 cm³/mol. The fourth-order valence-electron chi connectivity index (χ4n) is 3.23. The number of benzene rings is 1. The van der Waals surface area contributed by atoms with Crippen LogP contribution in [0.2, 0.25) is 0 Å². The maximum atomic E-state index is 12.4. The Balaban J connectivity index is 1.54. The van der Waals surface area contributed by atoms with Crippen LogP contribution in [0.1, 0.15) is 30.1 Å². The van der Waals surface area contributed by atoms with Gasteiger partial charge in [-0.2, -0.15) is 0 Å². The molecular weight excluding hydrogens is 360 g/mol. The number of rotatable bonds is 4. The lowest BCUT2D eigenvalue weighted by Gasteiger charge is -2.30. The van der Waals surface area contributed by atoms with Gasteiger partial charge in [0.2, 0.25) is 5.91 Å². The Hall–Kier alpha value is -2.42. The summed E-state index contributed by atoms with van der Waals surface area (Å²) in [6, 6.07) is 6.01. The van der Waals surface area contributed by atoms with Crippen LogP contribution in [0.4, 0.5) is 0 Å². The number of piperidine rings is 1. The van der Waals surface area contributed by atoms with Gasteiger partial charge in [-0.05, 0) is 25.0 Å². The van der Waals surface area contributed by atoms with E-state index in [1.165, 1.54) is 19.1 Å². The lowest BCUT2D eigenvalue weighted by Crippen LogP contribution is -2.40. The summed E-state index contributed by atoms with van der Waals surface area (Å²) in [5.74, 6) is -1.36. The minimum absolute atomic E-state index is 0.0193. The van der Waals surface area contributed by atoms with Crippen LogP contribution >= 0.6 is 0 Å². The third-order valence-corrected chi connectivity index (χ3v) is 6.56. The summed E-state index contributed by atoms with van der Waals surface area (Å²) in [7, 11) is -3.89. The molecule has 0 aliphatic carbocycles. The van der Waals surface area contributed by atoms with E-state index in [-0.39, 0.29) is 35.4 Å². The van der Waals surface area contributed by atoms with E-state index in [0.29, 0.717) is 25.9 Å². The van der Waals surface area contributed by atoms with Gasteiger partial charge in [-0.25, -0.2) is 12.7 Å². The van der Waals surface area contributed by atoms with E-state index in [9.17, 15) is 22.8 Å². The van der Waals surface area contributed by atoms with Gasteiger partial charge < -0.3 is 9.64 Å². The van der Waals surface area contributed by atoms with Crippen molar-refractivity contribution >= 4 is 27.8 Å². The van der Waals surface area contributed by atoms with Crippen LogP contribution in [-0.2, 0) is 24.3 Å². The number of amides is 2. The summed E-state index contributed by atoms with van der Waals surface area (Å²) in [5.41, 5.74) is 0.135. The van der Waals surface area contributed by atoms with Gasteiger partial charge in [-0.3, -0.25) is 14.4 Å². The molecule has 140 valence electrons. The van der Waals surface area contributed by atoms with Gasteiger partial charge in [0, 0.05) is 20.0 Å². The second-order valence-electron chi connectivity index (χ2n) is 6.33. The highest BCUT2D eigenvalue weighted by Gasteiger charge is 2.40. The van der Waals surface area contributed by atoms with Crippen molar-refractivity contribution in [3.05, 3.63) is 29.8 Å². The van der Waals surface area contributed by atoms with Crippen LogP contribution in [0.3, 0.4) is 0 Å². The summed E-state index contributed by atoms with van der Waals surface area (Å²) in [6.45, 7) is 2.09. The van der Waals surface area contributed by atoms with Crippen LogP contribution < -0.4 is 0 Å². The normalized spacial score (nSPS) is 19.3. The highest BCUT2D eigenvalue weighted by molar-refractivity contribution is 7.90. The first-order valence-corrected chi connectivity index (χ1v) is 9.84. The summed E-state index contributed by atoms with van der Waals surface area (Å²) in [4.78, 5) is 37.3. The van der Waals surface area contributed by atoms with Gasteiger partial charge in [-0.1, -0.05) is 12.1 Å². The van der Waals surface area contributed by atoms with Gasteiger partial charge in [0.1, 0.15) is 11.5 Å². The molecule has 0 radical (unpaired) electrons. The Bertz CT molecular complexity index is 843. The van der Waals surface area contributed by atoms with E-state index in [0.717, 1.165) is 4.31 Å². The number of sulfonamides is 1. The molecule has 2 aliphatic rings. The van der Waals surface area contributed by atoms with E-state index in [4.69, 9.17) is 4.74 Å². The first-order valence-electron chi connectivity index (χ1n) is 8.40. The number of carbonyl (C=O) groups is 3. The van der Waals surface area contributed by atoms with Gasteiger partial charge in [0.25, 0.3) is 15.9 Å². The number of hydrogen-bond donors (Lipinski definition) is 0. The Morgan fingerprint density at radius 2 is 1.85 bits per heavy atom. The zero-order valence-electron chi connectivity index (χ0n) is 14.4. The minimum Gasteiger partial charge on any atom is -0.464 e. The van der Waals surface area contributed by atoms with Crippen molar-refractivity contribution in [3.8, 4) is 0 Å². The average Bonchev–Trinajstić information content (AvgIpc) is 2.82. The zero-order chi connectivity index (χ0) is 18.9. The Kier molecular flexibility index (Phi) is 4.99. The highest BCUT2D eigenvalue weighted by atomic mass is 32.2. The van der Waals surface area contributed by atoms with Crippen LogP contribution in [0, 0.1) is 5.92 Å². The summed E-state index contributed by atoms with van der Waals surface area (Å²) in [5, 5.41) is 0. The molecule has 0 atom stereocenters. The second-order valence-corrected chi connectivity index (χ2v) is 8.16. The molecule has 2 aliphatic heterocycles. The predicted octanol–water partition coefficient (Wildman–Crippen LogP) is 0.633. The SMILES string of the molecule is CC(=O)N1CCC(C(=O)OCCN2C(=O)c3ccccc3S2(=O)=O)CC1. The molecule has 0 saturated carbocycles. The fraction of sp³-hybridized carbons (Fsp3) is 0.471. The van der Waals surface area contributed by atoms with Gasteiger partial charge in [0.15, 0.2) is 0 Å². The lowest BCUT2D eigenvalue weighted by molar-refractivity contribution is -0.151. The van der Waals surface area contributed by atoms with E-state index in [2.05, 4.69) is 0 Å². The number of nitrogens with zero attached hydrogens (tertiary/aromatic N) is 2.